The van der Waals surface area contributed by atoms with Crippen LogP contribution in [0.1, 0.15) is 29.8 Å². The van der Waals surface area contributed by atoms with Gasteiger partial charge in [0.1, 0.15) is 11.6 Å². The van der Waals surface area contributed by atoms with Crippen molar-refractivity contribution in [1.29, 1.82) is 0 Å². The molecule has 3 aromatic rings. The fraction of sp³-hybridized carbons (Fsp3) is 0.211. The summed E-state index contributed by atoms with van der Waals surface area (Å²) in [6.07, 6.45) is 0. The minimum Gasteiger partial charge on any atom is -0.494 e. The number of benzene rings is 2. The lowest BCUT2D eigenvalue weighted by molar-refractivity contribution is 0.101. The van der Waals surface area contributed by atoms with E-state index in [1.807, 2.05) is 19.1 Å². The van der Waals surface area contributed by atoms with Crippen LogP contribution < -0.4 is 10.1 Å². The third-order valence-electron chi connectivity index (χ3n) is 3.60. The van der Waals surface area contributed by atoms with Gasteiger partial charge < -0.3 is 10.1 Å². The van der Waals surface area contributed by atoms with Gasteiger partial charge in [-0.2, -0.15) is 0 Å². The summed E-state index contributed by atoms with van der Waals surface area (Å²) < 4.78 is 19.7. The summed E-state index contributed by atoms with van der Waals surface area (Å²) in [6, 6.07) is 11.6. The van der Waals surface area contributed by atoms with Gasteiger partial charge in [0.25, 0.3) is 0 Å². The van der Waals surface area contributed by atoms with E-state index in [1.165, 1.54) is 35.2 Å². The van der Waals surface area contributed by atoms with Crippen molar-refractivity contribution in [2.45, 2.75) is 23.9 Å². The fourth-order valence-corrected chi connectivity index (χ4v) is 4.11. The van der Waals surface area contributed by atoms with E-state index in [1.54, 1.807) is 25.1 Å². The van der Waals surface area contributed by atoms with Crippen LogP contribution in [0.5, 0.6) is 5.75 Å². The average Bonchev–Trinajstić information content (AvgIpc) is 3.08. The molecule has 0 spiro atoms. The zero-order valence-electron chi connectivity index (χ0n) is 14.9. The van der Waals surface area contributed by atoms with Crippen LogP contribution in [0, 0.1) is 5.82 Å². The first-order valence-electron chi connectivity index (χ1n) is 8.30. The van der Waals surface area contributed by atoms with Crippen molar-refractivity contribution in [2.75, 3.05) is 11.9 Å². The number of carbonyl (C=O) groups is 1. The van der Waals surface area contributed by atoms with Crippen LogP contribution in [-0.4, -0.2) is 22.6 Å². The fourth-order valence-electron chi connectivity index (χ4n) is 2.36. The first-order chi connectivity index (χ1) is 13.0. The van der Waals surface area contributed by atoms with Gasteiger partial charge in [0.2, 0.25) is 5.13 Å². The molecule has 0 saturated carbocycles. The van der Waals surface area contributed by atoms with Gasteiger partial charge in [-0.15, -0.1) is 10.2 Å². The molecule has 1 aromatic heterocycles. The van der Waals surface area contributed by atoms with Crippen LogP contribution in [-0.2, 0) is 5.75 Å². The maximum Gasteiger partial charge on any atom is 0.210 e. The second kappa shape index (κ2) is 8.96. The van der Waals surface area contributed by atoms with Gasteiger partial charge in [0.15, 0.2) is 10.1 Å². The molecule has 0 atom stereocenters. The SMILES string of the molecule is CCOc1ccc(C(C)=O)cc1CSc1nnc(Nc2cccc(F)c2)s1. The van der Waals surface area contributed by atoms with Crippen LogP contribution in [0.2, 0.25) is 0 Å². The first-order valence-corrected chi connectivity index (χ1v) is 10.1. The molecule has 0 unspecified atom stereocenters. The van der Waals surface area contributed by atoms with Gasteiger partial charge in [-0.25, -0.2) is 4.39 Å². The Bertz CT molecular complexity index is 946. The molecule has 0 radical (unpaired) electrons. The van der Waals surface area contributed by atoms with E-state index in [9.17, 15) is 9.18 Å². The van der Waals surface area contributed by atoms with Crippen molar-refractivity contribution in [1.82, 2.24) is 10.2 Å². The van der Waals surface area contributed by atoms with Gasteiger partial charge in [0.05, 0.1) is 6.61 Å². The summed E-state index contributed by atoms with van der Waals surface area (Å²) >= 11 is 2.89. The Hall–Kier alpha value is -2.45. The minimum absolute atomic E-state index is 0.0155. The Morgan fingerprint density at radius 3 is 2.85 bits per heavy atom. The number of hydrogen-bond donors (Lipinski definition) is 1. The molecule has 0 bridgehead atoms. The monoisotopic (exact) mass is 403 g/mol. The molecule has 27 heavy (non-hydrogen) atoms. The normalized spacial score (nSPS) is 10.6. The summed E-state index contributed by atoms with van der Waals surface area (Å²) in [5.41, 5.74) is 2.21. The van der Waals surface area contributed by atoms with E-state index in [2.05, 4.69) is 15.5 Å². The predicted molar refractivity (Wildman–Crippen MR) is 107 cm³/mol. The summed E-state index contributed by atoms with van der Waals surface area (Å²) in [4.78, 5) is 11.6. The Morgan fingerprint density at radius 2 is 2.11 bits per heavy atom. The zero-order chi connectivity index (χ0) is 19.2. The molecule has 1 heterocycles. The largest absolute Gasteiger partial charge is 0.494 e. The molecule has 0 amide bonds. The first kappa shape index (κ1) is 19.3. The summed E-state index contributed by atoms with van der Waals surface area (Å²) in [6.45, 7) is 4.02. The molecule has 3 rings (SSSR count). The highest BCUT2D eigenvalue weighted by Crippen LogP contribution is 2.33. The number of nitrogens with one attached hydrogen (secondary N) is 1. The number of anilines is 2. The molecule has 0 saturated heterocycles. The molecular formula is C19H18FN3O2S2. The van der Waals surface area contributed by atoms with Crippen LogP contribution in [0.25, 0.3) is 0 Å². The van der Waals surface area contributed by atoms with Crippen molar-refractivity contribution in [2.24, 2.45) is 0 Å². The number of ketones is 1. The molecule has 140 valence electrons. The summed E-state index contributed by atoms with van der Waals surface area (Å²) in [7, 11) is 0. The van der Waals surface area contributed by atoms with Crippen molar-refractivity contribution in [3.8, 4) is 5.75 Å². The van der Waals surface area contributed by atoms with Crippen LogP contribution in [0.4, 0.5) is 15.2 Å². The standard InChI is InChI=1S/C19H18FN3O2S2/c1-3-25-17-8-7-13(12(2)24)9-14(17)11-26-19-23-22-18(27-19)21-16-6-4-5-15(20)10-16/h4-10H,3,11H2,1-2H3,(H,21,22). The van der Waals surface area contributed by atoms with E-state index in [-0.39, 0.29) is 11.6 Å². The number of hydrogen-bond acceptors (Lipinski definition) is 7. The maximum absolute atomic E-state index is 13.3. The van der Waals surface area contributed by atoms with Crippen LogP contribution >= 0.6 is 23.1 Å². The third-order valence-corrected chi connectivity index (χ3v) is 5.62. The van der Waals surface area contributed by atoms with Crippen LogP contribution in [0.15, 0.2) is 46.8 Å². The van der Waals surface area contributed by atoms with Crippen molar-refractivity contribution in [3.05, 3.63) is 59.4 Å². The maximum atomic E-state index is 13.3. The number of thioether (sulfide) groups is 1. The average molecular weight is 404 g/mol. The van der Waals surface area contributed by atoms with Crippen molar-refractivity contribution >= 4 is 39.7 Å². The molecule has 0 fully saturated rings. The quantitative estimate of drug-likeness (QED) is 0.406. The van der Waals surface area contributed by atoms with Gasteiger partial charge in [-0.1, -0.05) is 29.2 Å². The number of carbonyl (C=O) groups excluding carboxylic acids is 1. The number of nitrogens with zero attached hydrogens (tertiary/aromatic N) is 2. The van der Waals surface area contributed by atoms with E-state index in [0.29, 0.717) is 28.7 Å². The van der Waals surface area contributed by atoms with E-state index in [0.717, 1.165) is 15.7 Å². The van der Waals surface area contributed by atoms with Gasteiger partial charge >= 0.3 is 0 Å². The second-order valence-corrected chi connectivity index (χ2v) is 7.81. The van der Waals surface area contributed by atoms with E-state index < -0.39 is 0 Å². The lowest BCUT2D eigenvalue weighted by atomic mass is 10.1. The zero-order valence-corrected chi connectivity index (χ0v) is 16.5. The summed E-state index contributed by atoms with van der Waals surface area (Å²) in [5.74, 6) is 1.07. The number of ether oxygens (including phenoxy) is 1. The highest BCUT2D eigenvalue weighted by Gasteiger charge is 2.11. The van der Waals surface area contributed by atoms with Gasteiger partial charge in [-0.05, 0) is 50.2 Å². The molecule has 0 aliphatic heterocycles. The number of aromatic nitrogens is 2. The highest BCUT2D eigenvalue weighted by molar-refractivity contribution is 8.00. The molecule has 5 nitrogen and oxygen atoms in total. The number of Topliss-reactive ketones (excluding diaryl/α,β-unsaturated/α-hetero) is 1. The van der Waals surface area contributed by atoms with Gasteiger partial charge in [0, 0.05) is 22.6 Å². The Kier molecular flexibility index (Phi) is 6.41. The predicted octanol–water partition coefficient (Wildman–Crippen LogP) is 5.31. The highest BCUT2D eigenvalue weighted by atomic mass is 32.2. The molecule has 0 aliphatic carbocycles. The number of halogens is 1. The molecular weight excluding hydrogens is 385 g/mol. The molecule has 8 heteroatoms. The van der Waals surface area contributed by atoms with Gasteiger partial charge in [-0.3, -0.25) is 4.79 Å². The molecule has 0 aliphatic rings. The Balaban J connectivity index is 1.69. The second-order valence-electron chi connectivity index (χ2n) is 5.61. The Morgan fingerprint density at radius 1 is 1.26 bits per heavy atom. The van der Waals surface area contributed by atoms with Crippen molar-refractivity contribution in [3.63, 3.8) is 0 Å². The summed E-state index contributed by atoms with van der Waals surface area (Å²) in [5, 5.41) is 11.9. The topological polar surface area (TPSA) is 64.1 Å². The number of rotatable bonds is 8. The molecule has 2 aromatic carbocycles. The van der Waals surface area contributed by atoms with E-state index in [4.69, 9.17) is 4.74 Å². The third kappa shape index (κ3) is 5.27. The lowest BCUT2D eigenvalue weighted by Crippen LogP contribution is -1.99. The Labute approximate surface area is 165 Å². The van der Waals surface area contributed by atoms with E-state index >= 15 is 0 Å². The molecule has 1 N–H and O–H groups in total. The van der Waals surface area contributed by atoms with Crippen molar-refractivity contribution < 1.29 is 13.9 Å². The smallest absolute Gasteiger partial charge is 0.210 e. The minimum atomic E-state index is -0.312. The lowest BCUT2D eigenvalue weighted by Gasteiger charge is -2.10. The van der Waals surface area contributed by atoms with Crippen LogP contribution in [0.3, 0.4) is 0 Å².